The lowest BCUT2D eigenvalue weighted by molar-refractivity contribution is -0.132. The van der Waals surface area contributed by atoms with Crippen molar-refractivity contribution in [3.05, 3.63) is 168 Å². The van der Waals surface area contributed by atoms with Crippen LogP contribution in [0.2, 0.25) is 5.02 Å². The van der Waals surface area contributed by atoms with Crippen LogP contribution in [0.25, 0.3) is 113 Å². The van der Waals surface area contributed by atoms with Gasteiger partial charge in [-0.15, -0.1) is 0 Å². The molecule has 15 aromatic heterocycles. The molecule has 2 aliphatic heterocycles. The lowest BCUT2D eigenvalue weighted by Gasteiger charge is -2.48. The summed E-state index contributed by atoms with van der Waals surface area (Å²) in [6.07, 6.45) is 42.1. The number of fused-ring (bicyclic) bond motifs is 11. The fraction of sp³-hybridized carbons (Fsp3) is 0.472. The number of hydrogen-bond donors (Lipinski definition) is 8. The first kappa shape index (κ1) is 100. The van der Waals surface area contributed by atoms with Crippen LogP contribution < -0.4 is 16.0 Å². The van der Waals surface area contributed by atoms with E-state index in [1.54, 1.807) is 63.8 Å². The molecule has 10 atom stereocenters. The highest BCUT2D eigenvalue weighted by Gasteiger charge is 2.49. The zero-order valence-electron chi connectivity index (χ0n) is 82.2. The van der Waals surface area contributed by atoms with Gasteiger partial charge in [-0.2, -0.15) is 20.4 Å². The largest absolute Gasteiger partial charge is 0.365 e. The van der Waals surface area contributed by atoms with E-state index in [2.05, 4.69) is 136 Å². The summed E-state index contributed by atoms with van der Waals surface area (Å²) in [4.78, 5) is 133. The average molecular weight is 2030 g/mol. The van der Waals surface area contributed by atoms with Gasteiger partial charge in [0.05, 0.1) is 64.4 Å². The molecular formula is C106H116ClF6N29O5. The Morgan fingerprint density at radius 2 is 0.844 bits per heavy atom. The zero-order chi connectivity index (χ0) is 102. The van der Waals surface area contributed by atoms with E-state index in [4.69, 9.17) is 11.6 Å². The number of aromatic amines is 5. The van der Waals surface area contributed by atoms with E-state index in [1.807, 2.05) is 41.0 Å². The second kappa shape index (κ2) is 44.2. The monoisotopic (exact) mass is 2020 g/mol. The van der Waals surface area contributed by atoms with Gasteiger partial charge in [0.2, 0.25) is 11.8 Å². The molecular weight excluding hydrogens is 1910 g/mol. The van der Waals surface area contributed by atoms with Gasteiger partial charge < -0.3 is 30.7 Å². The van der Waals surface area contributed by atoms with Gasteiger partial charge in [0.25, 0.3) is 0 Å². The molecule has 11 aliphatic rings. The Kier molecular flexibility index (Phi) is 30.1. The lowest BCUT2D eigenvalue weighted by atomic mass is 9.60. The van der Waals surface area contributed by atoms with Crippen molar-refractivity contribution in [3.8, 4) is 57.5 Å². The van der Waals surface area contributed by atoms with Crippen LogP contribution in [0.4, 0.5) is 43.8 Å². The van der Waals surface area contributed by atoms with Crippen molar-refractivity contribution < 1.29 is 50.3 Å². The minimum atomic E-state index is -0.519. The molecule has 41 heteroatoms. The highest BCUT2D eigenvalue weighted by atomic mass is 35.5. The molecule has 764 valence electrons. The number of hydrogen-bond acceptors (Lipinski definition) is 27. The molecule has 147 heavy (non-hydrogen) atoms. The number of anilines is 3. The third kappa shape index (κ3) is 22.1. The number of carbonyl (C=O) groups is 5. The van der Waals surface area contributed by atoms with Crippen LogP contribution in [0.15, 0.2) is 117 Å². The quantitative estimate of drug-likeness (QED) is 0.0292. The Morgan fingerprint density at radius 1 is 0.415 bits per heavy atom. The molecule has 34 nitrogen and oxygen atoms in total. The number of aromatic nitrogens is 24. The van der Waals surface area contributed by atoms with E-state index < -0.39 is 40.3 Å². The number of nitrogens with zero attached hydrogens (tertiary/aromatic N) is 21. The molecule has 2 amide bonds. The van der Waals surface area contributed by atoms with Crippen molar-refractivity contribution in [1.82, 2.24) is 130 Å². The number of H-pyrrole nitrogens is 5. The minimum Gasteiger partial charge on any atom is -0.365 e. The Labute approximate surface area is 847 Å². The normalized spacial score (nSPS) is 23.6. The summed E-state index contributed by atoms with van der Waals surface area (Å²) >= 11 is 6.04. The number of likely N-dealkylation sites (tertiary alicyclic amines) is 2. The molecule has 11 fully saturated rings. The van der Waals surface area contributed by atoms with Crippen LogP contribution in [-0.4, -0.2) is 204 Å². The van der Waals surface area contributed by atoms with Crippen molar-refractivity contribution in [2.75, 3.05) is 42.1 Å². The van der Waals surface area contributed by atoms with Crippen LogP contribution >= 0.6 is 11.6 Å². The van der Waals surface area contributed by atoms with E-state index in [-0.39, 0.29) is 94.2 Å². The van der Waals surface area contributed by atoms with Crippen LogP contribution in [0.5, 0.6) is 0 Å². The predicted molar refractivity (Wildman–Crippen MR) is 539 cm³/mol. The number of halogens is 7. The van der Waals surface area contributed by atoms with Crippen LogP contribution in [0.1, 0.15) is 206 Å². The molecule has 2 saturated heterocycles. The summed E-state index contributed by atoms with van der Waals surface area (Å²) in [7, 11) is 0. The number of rotatable bonds is 22. The van der Waals surface area contributed by atoms with Crippen LogP contribution in [0, 0.1) is 99.5 Å². The second-order valence-electron chi connectivity index (χ2n) is 41.1. The van der Waals surface area contributed by atoms with Crippen molar-refractivity contribution in [2.24, 2.45) is 64.6 Å². The molecule has 0 aromatic carbocycles. The van der Waals surface area contributed by atoms with Crippen molar-refractivity contribution in [2.45, 2.75) is 226 Å². The first-order valence-corrected chi connectivity index (χ1v) is 51.7. The van der Waals surface area contributed by atoms with Gasteiger partial charge in [0.1, 0.15) is 51.6 Å². The van der Waals surface area contributed by atoms with Gasteiger partial charge in [0.15, 0.2) is 98.3 Å². The second-order valence-corrected chi connectivity index (χ2v) is 41.5. The maximum atomic E-state index is 14.6. The fourth-order valence-electron chi connectivity index (χ4n) is 24.1. The number of nitrogens with one attached hydrogen (secondary N) is 8. The Balaban J connectivity index is 0.000000112. The molecule has 3 unspecified atom stereocenters. The zero-order valence-corrected chi connectivity index (χ0v) is 82.9. The van der Waals surface area contributed by atoms with E-state index in [0.717, 1.165) is 232 Å². The number of carbonyl (C=O) groups excluding carboxylic acids is 5. The third-order valence-corrected chi connectivity index (χ3v) is 32.0. The van der Waals surface area contributed by atoms with Crippen LogP contribution in [-0.2, 0) is 36.8 Å². The number of Topliss-reactive ketones (excluding diaryl/α,β-unsaturated/α-hetero) is 3. The molecule has 26 rings (SSSR count). The highest BCUT2D eigenvalue weighted by molar-refractivity contribution is 6.31. The van der Waals surface area contributed by atoms with Crippen LogP contribution in [0.3, 0.4) is 0 Å². The third-order valence-electron chi connectivity index (χ3n) is 31.8. The SMILES string of the molecule is CC(=O)[C@@H]1C2CCC(CC2)C1Nc1nc(-c2[nH]nc3ncccc23)ncc1F.CC(=O)[C@@]1(C)CCCC[C@@H]1Cc1nc(-c2[nH]nc3ncc(Cl)cc23)ncc1F.CC(=O)[C@H]1C2CCC(CC2)C1Nc1nc(-c2[nH]nc3ncccc23)ncc1F.O=C(C[C@@H]1CCCC(Nc2nc(-c3c[nH]c4ncccc34)ncc2F)C1)N1CCCC1.O=C(C[C@@H]1CCC[C@H](Cc2nc(-c3[nH]nc4ncc(F)cc34)ncc2F)C1)N1CCCC1. The van der Waals surface area contributed by atoms with E-state index in [9.17, 15) is 50.3 Å². The fourth-order valence-corrected chi connectivity index (χ4v) is 24.3. The summed E-state index contributed by atoms with van der Waals surface area (Å²) < 4.78 is 86.4. The van der Waals surface area contributed by atoms with Crippen molar-refractivity contribution >= 4 is 113 Å². The Hall–Kier alpha value is -14.2. The first-order valence-electron chi connectivity index (χ1n) is 51.3. The molecule has 9 saturated carbocycles. The van der Waals surface area contributed by atoms with E-state index in [1.165, 1.54) is 24.7 Å². The van der Waals surface area contributed by atoms with Gasteiger partial charge in [-0.1, -0.05) is 50.6 Å². The maximum absolute atomic E-state index is 14.6. The predicted octanol–water partition coefficient (Wildman–Crippen LogP) is 19.5. The first-order chi connectivity index (χ1) is 71.3. The van der Waals surface area contributed by atoms with Crippen molar-refractivity contribution in [3.63, 3.8) is 0 Å². The Bertz CT molecular complexity index is 7150. The molecule has 0 spiro atoms. The summed E-state index contributed by atoms with van der Waals surface area (Å²) in [5.41, 5.74) is 5.89. The van der Waals surface area contributed by atoms with Gasteiger partial charge in [0, 0.05) is 127 Å². The number of amides is 2. The van der Waals surface area contributed by atoms with Gasteiger partial charge >= 0.3 is 0 Å². The van der Waals surface area contributed by atoms with Gasteiger partial charge in [-0.05, 0) is 251 Å². The van der Waals surface area contributed by atoms with Crippen molar-refractivity contribution in [1.29, 1.82) is 0 Å². The lowest BCUT2D eigenvalue weighted by Crippen LogP contribution is -2.51. The minimum absolute atomic E-state index is 0.0608. The molecule has 8 N–H and O–H groups in total. The molecule has 15 aromatic rings. The topological polar surface area (TPSA) is 452 Å². The molecule has 9 aliphatic carbocycles. The standard InChI is InChI=1S/C23H26F2N6O.C23H27FN6O.C20H21ClFN5O.2C20H21FN6O/c24-16-11-17-21(29-30-22(17)26-12-16)23-27-13-18(25)19(28-23)9-14-4-3-5-15(8-14)10-20(32)31-6-1-2-7-31;24-19-14-27-22(18-13-26-21-17(18)7-4-8-25-21)29-23(19)28-16-6-3-5-15(11-16)12-20(31)30-9-1-2-10-30;1-11(28)20(2)6-4-3-5-12(20)7-16-15(22)10-24-19(25-16)17-14-8-13(21)9-23-18(14)27-26-17;2*1-10(28)15-11-4-6-12(7-5-11)16(15)24-19-14(21)9-23-20(25-19)17-13-3-2-8-22-18(13)27-26-17/h11-15H,1-10H2,(H,26,29,30);4,7-8,13-16H,1-3,5-6,9-12H2,(H,25,26)(H,27,28,29);8-10,12H,3-7H2,1-2H3,(H,23,26,27);2*2-3,8-9,11-12,15-16H,4-7H2,1H3,(H,22,26,27)(H,23,24,25)/t14-,15+;15-,16?;12-,20-;2*11?,12?,15-,16?/m01110/s1. The summed E-state index contributed by atoms with van der Waals surface area (Å²) in [6, 6.07) is 14.1. The van der Waals surface area contributed by atoms with Gasteiger partial charge in [-0.3, -0.25) is 44.4 Å². The molecule has 17 heterocycles. The molecule has 0 radical (unpaired) electrons. The highest BCUT2D eigenvalue weighted by Crippen LogP contribution is 2.50. The smallest absolute Gasteiger partial charge is 0.222 e. The Morgan fingerprint density at radius 3 is 1.37 bits per heavy atom. The summed E-state index contributed by atoms with van der Waals surface area (Å²) in [5, 5.41) is 41.8. The average Bonchev–Trinajstić information content (AvgIpc) is 1.73. The van der Waals surface area contributed by atoms with E-state index >= 15 is 0 Å². The van der Waals surface area contributed by atoms with E-state index in [0.29, 0.717) is 157 Å². The van der Waals surface area contributed by atoms with Gasteiger partial charge in [-0.25, -0.2) is 101 Å². The number of ketones is 3. The maximum Gasteiger partial charge on any atom is 0.222 e. The summed E-state index contributed by atoms with van der Waals surface area (Å²) in [5.74, 6) is 2.76. The molecule has 4 bridgehead atoms. The summed E-state index contributed by atoms with van der Waals surface area (Å²) in [6.45, 7) is 10.5. The number of pyridine rings is 5.